The van der Waals surface area contributed by atoms with E-state index < -0.39 is 12.1 Å². The van der Waals surface area contributed by atoms with Crippen LogP contribution >= 0.6 is 11.3 Å². The molecule has 107 heavy (non-hydrogen) atoms. The van der Waals surface area contributed by atoms with Crippen molar-refractivity contribution in [2.45, 2.75) is 78.6 Å². The topological polar surface area (TPSA) is 11.4 Å². The third-order valence-corrected chi connectivity index (χ3v) is 24.0. The Morgan fingerprint density at radius 1 is 0.327 bits per heavy atom. The number of anilines is 6. The standard InChI is InChI=1S/C102H80BN3S/c1-100(2,3)72-56-81(64-32-17-11-18-33-64)96(82(57-72)65-34-19-12-20-35-65)105-88-62-75(104-87-45-28-27-44-78(87)85-54-71-47-46-68-40-29-41-69-48-52-80(95(85)104)93(71)92(68)69)50-53-86(88)103-94-89(105)60-74(102(7,8)9)61-90(94)106(97-83(66-36-21-13-22-37-66)58-73(101(4,5)6)59-84(97)67-38-23-14-24-39-67)98-79-51-49-70(55-91(79)107-99(98)103)77-43-26-25-42-76(77)63-30-15-10-16-31-63/h10-62H,1-9H3/i50D,53D,62D. The summed E-state index contributed by atoms with van der Waals surface area (Å²) in [5.41, 5.74) is 24.6. The second-order valence-electron chi connectivity index (χ2n) is 32.5. The molecule has 0 saturated heterocycles. The highest BCUT2D eigenvalue weighted by molar-refractivity contribution is 7.33. The molecule has 2 aliphatic heterocycles. The molecule has 0 radical (unpaired) electrons. The zero-order valence-corrected chi connectivity index (χ0v) is 62.5. The SMILES string of the molecule is [2H]c1c([2H])c(-n2c3ccccc3c3cc4ccc5cccc6ccc(c4c56)c32)c([2H])c2c1B1c3sc4cc(-c5ccccc5-c5ccccc5)ccc4c3N(c3c(-c4ccccc4)cc(C(C)(C)C)cc3-c3ccccc3)c3cc(C(C)(C)C)cc(c31)N2c1c(-c2ccccc2)cc(C(C)(C)C)cc1-c1ccccc1. The van der Waals surface area contributed by atoms with Gasteiger partial charge >= 0.3 is 0 Å². The first-order valence-corrected chi connectivity index (χ1v) is 38.4. The minimum absolute atomic E-state index is 0.00611. The molecule has 4 heterocycles. The molecule has 20 rings (SSSR count). The van der Waals surface area contributed by atoms with Gasteiger partial charge in [0.2, 0.25) is 0 Å². The van der Waals surface area contributed by atoms with E-state index in [4.69, 9.17) is 0 Å². The van der Waals surface area contributed by atoms with Crippen LogP contribution in [0.5, 0.6) is 0 Å². The summed E-state index contributed by atoms with van der Waals surface area (Å²) >= 11 is 1.79. The summed E-state index contributed by atoms with van der Waals surface area (Å²) in [5, 5.41) is 9.93. The molecule has 512 valence electrons. The lowest BCUT2D eigenvalue weighted by molar-refractivity contribution is 0.590. The van der Waals surface area contributed by atoms with Crippen LogP contribution in [0.2, 0.25) is 0 Å². The smallest absolute Gasteiger partial charge is 0.264 e. The molecule has 2 aromatic heterocycles. The van der Waals surface area contributed by atoms with Crippen molar-refractivity contribution in [2.24, 2.45) is 0 Å². The molecule has 3 nitrogen and oxygen atoms in total. The zero-order valence-electron chi connectivity index (χ0n) is 64.7. The van der Waals surface area contributed by atoms with Gasteiger partial charge in [-0.05, 0) is 182 Å². The number of nitrogens with zero attached hydrogens (tertiary/aromatic N) is 3. The van der Waals surface area contributed by atoms with Crippen LogP contribution in [0.1, 0.15) is 83.1 Å². The second kappa shape index (κ2) is 24.3. The zero-order chi connectivity index (χ0) is 75.0. The Balaban J connectivity index is 0.998. The largest absolute Gasteiger partial charge is 0.310 e. The molecule has 0 N–H and O–H groups in total. The van der Waals surface area contributed by atoms with E-state index in [2.05, 4.69) is 380 Å². The molecule has 18 aromatic rings. The monoisotopic (exact) mass is 1390 g/mol. The predicted molar refractivity (Wildman–Crippen MR) is 463 cm³/mol. The third kappa shape index (κ3) is 10.3. The van der Waals surface area contributed by atoms with E-state index in [0.29, 0.717) is 16.8 Å². The van der Waals surface area contributed by atoms with Crippen molar-refractivity contribution in [2.75, 3.05) is 9.80 Å². The van der Waals surface area contributed by atoms with Crippen molar-refractivity contribution in [3.05, 3.63) is 338 Å². The maximum absolute atomic E-state index is 12.1. The number of benzene rings is 16. The van der Waals surface area contributed by atoms with Gasteiger partial charge in [-0.15, -0.1) is 11.3 Å². The van der Waals surface area contributed by atoms with Gasteiger partial charge in [0.05, 0.1) is 32.2 Å². The molecule has 0 spiro atoms. The van der Waals surface area contributed by atoms with Crippen molar-refractivity contribution < 1.29 is 4.11 Å². The Kier molecular flexibility index (Phi) is 13.9. The Labute approximate surface area is 635 Å². The fraction of sp³-hybridized carbons (Fsp3) is 0.118. The minimum atomic E-state index is -0.668. The highest BCUT2D eigenvalue weighted by Gasteiger charge is 2.48. The van der Waals surface area contributed by atoms with Crippen molar-refractivity contribution in [1.29, 1.82) is 0 Å². The summed E-state index contributed by atoms with van der Waals surface area (Å²) < 4.78 is 39.4. The van der Waals surface area contributed by atoms with Crippen LogP contribution in [0.4, 0.5) is 34.1 Å². The average Bonchev–Trinajstić information content (AvgIpc) is 1.26. The van der Waals surface area contributed by atoms with Gasteiger partial charge in [0, 0.05) is 76.0 Å². The maximum Gasteiger partial charge on any atom is 0.264 e. The van der Waals surface area contributed by atoms with Crippen LogP contribution in [0.25, 0.3) is 137 Å². The summed E-state index contributed by atoms with van der Waals surface area (Å²) in [6.07, 6.45) is 0. The molecule has 0 atom stereocenters. The number of hydrogen-bond acceptors (Lipinski definition) is 3. The summed E-state index contributed by atoms with van der Waals surface area (Å²) in [4.78, 5) is 5.09. The Bertz CT molecular complexity index is 6670. The second-order valence-corrected chi connectivity index (χ2v) is 33.6. The highest BCUT2D eigenvalue weighted by atomic mass is 32.1. The molecule has 0 fully saturated rings. The number of aromatic nitrogens is 1. The molecule has 0 unspecified atom stereocenters. The van der Waals surface area contributed by atoms with E-state index in [1.807, 2.05) is 0 Å². The Morgan fingerprint density at radius 2 is 0.776 bits per heavy atom. The van der Waals surface area contributed by atoms with E-state index in [-0.39, 0.29) is 29.0 Å². The van der Waals surface area contributed by atoms with Crippen LogP contribution in [0.3, 0.4) is 0 Å². The van der Waals surface area contributed by atoms with E-state index in [1.54, 1.807) is 11.3 Å². The molecular formula is C102H80BN3S. The third-order valence-electron chi connectivity index (χ3n) is 22.8. The summed E-state index contributed by atoms with van der Waals surface area (Å²) in [6, 6.07) is 112. The summed E-state index contributed by atoms with van der Waals surface area (Å²) in [5.74, 6) is 0. The van der Waals surface area contributed by atoms with Gasteiger partial charge in [-0.3, -0.25) is 0 Å². The average molecular weight is 1390 g/mol. The van der Waals surface area contributed by atoms with E-state index >= 15 is 0 Å². The molecule has 0 aliphatic carbocycles. The first kappa shape index (κ1) is 61.3. The quantitative estimate of drug-likeness (QED) is 0.105. The Morgan fingerprint density at radius 3 is 1.32 bits per heavy atom. The minimum Gasteiger partial charge on any atom is -0.310 e. The van der Waals surface area contributed by atoms with Crippen molar-refractivity contribution in [3.8, 4) is 72.4 Å². The van der Waals surface area contributed by atoms with Crippen molar-refractivity contribution in [1.82, 2.24) is 4.57 Å². The van der Waals surface area contributed by atoms with Crippen LogP contribution in [0.15, 0.2) is 321 Å². The lowest BCUT2D eigenvalue weighted by Crippen LogP contribution is -2.60. The molecule has 0 saturated carbocycles. The van der Waals surface area contributed by atoms with E-state index in [9.17, 15) is 4.11 Å². The van der Waals surface area contributed by atoms with E-state index in [1.165, 1.54) is 10.9 Å². The molecular weight excluding hydrogens is 1310 g/mol. The number of rotatable bonds is 9. The van der Waals surface area contributed by atoms with E-state index in [0.717, 1.165) is 175 Å². The fourth-order valence-electron chi connectivity index (χ4n) is 17.5. The van der Waals surface area contributed by atoms with Crippen LogP contribution in [0, 0.1) is 0 Å². The first-order valence-electron chi connectivity index (χ1n) is 39.1. The summed E-state index contributed by atoms with van der Waals surface area (Å²) in [7, 11) is 0. The molecule has 2 aliphatic rings. The normalized spacial score (nSPS) is 13.4. The summed E-state index contributed by atoms with van der Waals surface area (Å²) in [6.45, 7) is 20.2. The van der Waals surface area contributed by atoms with Gasteiger partial charge in [0.15, 0.2) is 0 Å². The number of fused-ring (bicyclic) bond motifs is 10. The van der Waals surface area contributed by atoms with Gasteiger partial charge in [0.25, 0.3) is 6.71 Å². The van der Waals surface area contributed by atoms with Gasteiger partial charge in [-0.25, -0.2) is 0 Å². The number of para-hydroxylation sites is 1. The molecule has 5 heteroatoms. The molecule has 0 amide bonds. The lowest BCUT2D eigenvalue weighted by atomic mass is 9.36. The van der Waals surface area contributed by atoms with Crippen LogP contribution in [-0.4, -0.2) is 11.3 Å². The van der Waals surface area contributed by atoms with Gasteiger partial charge in [0.1, 0.15) is 0 Å². The lowest BCUT2D eigenvalue weighted by Gasteiger charge is -2.46. The van der Waals surface area contributed by atoms with Crippen LogP contribution < -0.4 is 25.5 Å². The molecule has 0 bridgehead atoms. The van der Waals surface area contributed by atoms with Gasteiger partial charge in [-0.2, -0.15) is 0 Å². The highest BCUT2D eigenvalue weighted by Crippen LogP contribution is 2.58. The maximum atomic E-state index is 12.1. The van der Waals surface area contributed by atoms with Crippen LogP contribution in [-0.2, 0) is 16.2 Å². The van der Waals surface area contributed by atoms with Gasteiger partial charge < -0.3 is 14.4 Å². The number of hydrogen-bond donors (Lipinski definition) is 0. The van der Waals surface area contributed by atoms with Crippen molar-refractivity contribution in [3.63, 3.8) is 0 Å². The first-order chi connectivity index (χ1) is 53.3. The molecule has 16 aromatic carbocycles. The Hall–Kier alpha value is -12.0. The van der Waals surface area contributed by atoms with Crippen molar-refractivity contribution >= 4 is 132 Å². The number of thiophene rings is 1. The predicted octanol–water partition coefficient (Wildman–Crippen LogP) is 26.9. The van der Waals surface area contributed by atoms with Gasteiger partial charge in [-0.1, -0.05) is 317 Å². The fourth-order valence-corrected chi connectivity index (χ4v) is 18.8.